The molecular formula is C29H41F2N3O8. The van der Waals surface area contributed by atoms with Gasteiger partial charge < -0.3 is 29.7 Å². The molecule has 0 radical (unpaired) electrons. The van der Waals surface area contributed by atoms with E-state index in [4.69, 9.17) is 14.2 Å². The molecule has 11 nitrogen and oxygen atoms in total. The van der Waals surface area contributed by atoms with Crippen LogP contribution in [0.25, 0.3) is 0 Å². The molecule has 0 aliphatic carbocycles. The van der Waals surface area contributed by atoms with Gasteiger partial charge in [0.2, 0.25) is 11.8 Å². The number of carbonyl (C=O) groups excluding carboxylic acids is 5. The molecule has 13 heteroatoms. The summed E-state index contributed by atoms with van der Waals surface area (Å²) in [5.41, 5.74) is 0.0598. The number of halogens is 2. The van der Waals surface area contributed by atoms with E-state index < -0.39 is 59.8 Å². The van der Waals surface area contributed by atoms with Crippen molar-refractivity contribution in [1.29, 1.82) is 0 Å². The minimum atomic E-state index is -1.50. The molecule has 1 aliphatic rings. The molecule has 1 fully saturated rings. The molecule has 4 atom stereocenters. The van der Waals surface area contributed by atoms with E-state index in [1.807, 2.05) is 0 Å². The van der Waals surface area contributed by atoms with Gasteiger partial charge in [-0.3, -0.25) is 9.59 Å². The van der Waals surface area contributed by atoms with Gasteiger partial charge in [0.05, 0.1) is 13.7 Å². The number of hydrogen-bond acceptors (Lipinski definition) is 8. The molecule has 1 unspecified atom stereocenters. The number of nitrogens with one attached hydrogen (secondary N) is 2. The summed E-state index contributed by atoms with van der Waals surface area (Å²) in [5, 5.41) is 4.80. The molecule has 2 N–H and O–H groups in total. The van der Waals surface area contributed by atoms with Gasteiger partial charge in [-0.15, -0.1) is 0 Å². The number of unbranched alkanes of at least 4 members (excludes halogenated alkanes) is 1. The molecule has 0 saturated carbocycles. The van der Waals surface area contributed by atoms with Crippen molar-refractivity contribution < 1.29 is 47.0 Å². The number of esters is 2. The fourth-order valence-electron chi connectivity index (χ4n) is 4.64. The van der Waals surface area contributed by atoms with E-state index in [-0.39, 0.29) is 24.5 Å². The van der Waals surface area contributed by atoms with Crippen molar-refractivity contribution in [1.82, 2.24) is 15.5 Å². The van der Waals surface area contributed by atoms with Crippen molar-refractivity contribution in [2.75, 3.05) is 20.3 Å². The van der Waals surface area contributed by atoms with E-state index in [1.165, 1.54) is 18.7 Å². The standard InChI is InChI=1S/C29H41F2N3O8/c1-17(2)9-6-7-12-41-29(39)32-23(15-20-13-21(30)16-22(31)14-20)26(36)33-25(28(38)40-5)18(3)42-27(37)24-10-8-11-34(24)19(4)35/h13-14,16-18,23-25H,6-12,15H2,1-5H3,(H,32,39)(H,33,36)/t18-,23+,24?,25+/m1/s1. The summed E-state index contributed by atoms with van der Waals surface area (Å²) in [6, 6.07) is -1.07. The van der Waals surface area contributed by atoms with E-state index in [0.717, 1.165) is 32.1 Å². The molecule has 0 spiro atoms. The van der Waals surface area contributed by atoms with Crippen molar-refractivity contribution in [3.8, 4) is 0 Å². The fraction of sp³-hybridized carbons (Fsp3) is 0.621. The summed E-state index contributed by atoms with van der Waals surface area (Å²) in [7, 11) is 1.08. The van der Waals surface area contributed by atoms with Gasteiger partial charge in [-0.05, 0) is 56.2 Å². The second-order valence-corrected chi connectivity index (χ2v) is 10.7. The van der Waals surface area contributed by atoms with Crippen molar-refractivity contribution in [2.24, 2.45) is 5.92 Å². The maximum absolute atomic E-state index is 13.8. The smallest absolute Gasteiger partial charge is 0.407 e. The predicted molar refractivity (Wildman–Crippen MR) is 147 cm³/mol. The van der Waals surface area contributed by atoms with Crippen LogP contribution in [0.4, 0.5) is 13.6 Å². The van der Waals surface area contributed by atoms with Crippen LogP contribution in [0.2, 0.25) is 0 Å². The fourth-order valence-corrected chi connectivity index (χ4v) is 4.64. The maximum Gasteiger partial charge on any atom is 0.407 e. The number of alkyl carbamates (subject to hydrolysis) is 1. The maximum atomic E-state index is 13.8. The number of amides is 3. The third-order valence-corrected chi connectivity index (χ3v) is 6.83. The van der Waals surface area contributed by atoms with Gasteiger partial charge in [0, 0.05) is 26.0 Å². The summed E-state index contributed by atoms with van der Waals surface area (Å²) in [5.74, 6) is -4.16. The van der Waals surface area contributed by atoms with E-state index in [2.05, 4.69) is 24.5 Å². The van der Waals surface area contributed by atoms with E-state index in [0.29, 0.717) is 37.8 Å². The zero-order valence-corrected chi connectivity index (χ0v) is 24.7. The van der Waals surface area contributed by atoms with E-state index in [9.17, 15) is 32.8 Å². The van der Waals surface area contributed by atoms with E-state index >= 15 is 0 Å². The average Bonchev–Trinajstić information content (AvgIpc) is 3.40. The molecule has 1 aromatic carbocycles. The number of hydrogen-bond donors (Lipinski definition) is 2. The Labute approximate surface area is 244 Å². The van der Waals surface area contributed by atoms with Crippen LogP contribution in [0.3, 0.4) is 0 Å². The van der Waals surface area contributed by atoms with Crippen molar-refractivity contribution in [3.05, 3.63) is 35.4 Å². The first-order chi connectivity index (χ1) is 19.8. The molecular weight excluding hydrogens is 556 g/mol. The number of likely N-dealkylation sites (tertiary alicyclic amines) is 1. The van der Waals surface area contributed by atoms with Gasteiger partial charge in [0.15, 0.2) is 6.04 Å². The van der Waals surface area contributed by atoms with Gasteiger partial charge in [0.1, 0.15) is 29.8 Å². The number of rotatable bonds is 14. The van der Waals surface area contributed by atoms with Crippen LogP contribution in [-0.2, 0) is 39.8 Å². The van der Waals surface area contributed by atoms with E-state index in [1.54, 1.807) is 0 Å². The Balaban J connectivity index is 2.16. The molecule has 1 aliphatic heterocycles. The molecule has 0 bridgehead atoms. The molecule has 1 aromatic rings. The highest BCUT2D eigenvalue weighted by Crippen LogP contribution is 2.20. The first kappa shape index (κ1) is 34.4. The van der Waals surface area contributed by atoms with Crippen molar-refractivity contribution in [3.63, 3.8) is 0 Å². The Morgan fingerprint density at radius 3 is 2.29 bits per heavy atom. The first-order valence-electron chi connectivity index (χ1n) is 14.1. The van der Waals surface area contributed by atoms with Crippen LogP contribution < -0.4 is 10.6 Å². The van der Waals surface area contributed by atoms with Crippen LogP contribution in [0, 0.1) is 17.6 Å². The van der Waals surface area contributed by atoms with Crippen LogP contribution in [0.1, 0.15) is 65.4 Å². The lowest BCUT2D eigenvalue weighted by Gasteiger charge is -2.28. The Bertz CT molecular complexity index is 1100. The van der Waals surface area contributed by atoms with Gasteiger partial charge in [-0.1, -0.05) is 20.3 Å². The predicted octanol–water partition coefficient (Wildman–Crippen LogP) is 3.03. The molecule has 42 heavy (non-hydrogen) atoms. The molecule has 3 amide bonds. The lowest BCUT2D eigenvalue weighted by atomic mass is 10.0. The monoisotopic (exact) mass is 597 g/mol. The molecule has 1 saturated heterocycles. The second-order valence-electron chi connectivity index (χ2n) is 10.7. The normalized spacial score (nSPS) is 16.8. The summed E-state index contributed by atoms with van der Waals surface area (Å²) < 4.78 is 43.1. The highest BCUT2D eigenvalue weighted by atomic mass is 19.1. The van der Waals surface area contributed by atoms with Gasteiger partial charge in [-0.2, -0.15) is 0 Å². The Hall–Kier alpha value is -3.77. The van der Waals surface area contributed by atoms with Crippen LogP contribution in [-0.4, -0.2) is 79.2 Å². The molecule has 2 rings (SSSR count). The van der Waals surface area contributed by atoms with Gasteiger partial charge in [-0.25, -0.2) is 23.2 Å². The SMILES string of the molecule is COC(=O)[C@@H](NC(=O)[C@H](Cc1cc(F)cc(F)c1)NC(=O)OCCCCC(C)C)[C@@H](C)OC(=O)C1CCCN1C(C)=O. The molecule has 234 valence electrons. The number of carbonyl (C=O) groups is 5. The Morgan fingerprint density at radius 1 is 1.02 bits per heavy atom. The van der Waals surface area contributed by atoms with Crippen molar-refractivity contribution in [2.45, 2.75) is 90.4 Å². The topological polar surface area (TPSA) is 140 Å². The van der Waals surface area contributed by atoms with Crippen LogP contribution in [0.5, 0.6) is 0 Å². The summed E-state index contributed by atoms with van der Waals surface area (Å²) in [4.78, 5) is 64.5. The third kappa shape index (κ3) is 10.9. The minimum Gasteiger partial charge on any atom is -0.467 e. The largest absolute Gasteiger partial charge is 0.467 e. The minimum absolute atomic E-state index is 0.0598. The summed E-state index contributed by atoms with van der Waals surface area (Å²) in [6.45, 7) is 7.33. The molecule has 1 heterocycles. The number of methoxy groups -OCH3 is 1. The highest BCUT2D eigenvalue weighted by Gasteiger charge is 2.38. The Morgan fingerprint density at radius 2 is 1.69 bits per heavy atom. The summed E-state index contributed by atoms with van der Waals surface area (Å²) >= 11 is 0. The van der Waals surface area contributed by atoms with Crippen LogP contribution in [0.15, 0.2) is 18.2 Å². The lowest BCUT2D eigenvalue weighted by Crippen LogP contribution is -2.56. The quantitative estimate of drug-likeness (QED) is 0.190. The zero-order valence-electron chi connectivity index (χ0n) is 24.7. The number of ether oxygens (including phenoxy) is 3. The highest BCUT2D eigenvalue weighted by molar-refractivity contribution is 5.90. The van der Waals surface area contributed by atoms with Gasteiger partial charge >= 0.3 is 18.0 Å². The lowest BCUT2D eigenvalue weighted by molar-refractivity contribution is -0.163. The number of benzene rings is 1. The number of nitrogens with zero attached hydrogens (tertiary/aromatic N) is 1. The average molecular weight is 598 g/mol. The summed E-state index contributed by atoms with van der Waals surface area (Å²) in [6.07, 6.45) is 0.864. The van der Waals surface area contributed by atoms with Crippen molar-refractivity contribution >= 4 is 29.8 Å². The van der Waals surface area contributed by atoms with Gasteiger partial charge in [0.25, 0.3) is 0 Å². The zero-order chi connectivity index (χ0) is 31.4. The Kier molecular flexibility index (Phi) is 13.6. The first-order valence-corrected chi connectivity index (χ1v) is 14.1. The molecule has 0 aromatic heterocycles. The third-order valence-electron chi connectivity index (χ3n) is 6.83. The van der Waals surface area contributed by atoms with Crippen LogP contribution >= 0.6 is 0 Å². The second kappa shape index (κ2) is 16.6.